The van der Waals surface area contributed by atoms with Gasteiger partial charge in [-0.15, -0.1) is 0 Å². The third-order valence-electron chi connectivity index (χ3n) is 8.75. The van der Waals surface area contributed by atoms with E-state index in [0.29, 0.717) is 5.40 Å². The Hall–Kier alpha value is -2.26. The van der Waals surface area contributed by atoms with Crippen molar-refractivity contribution >= 4 is 37.1 Å². The van der Waals surface area contributed by atoms with Crippen molar-refractivity contribution in [1.29, 1.82) is 0 Å². The molecule has 0 saturated heterocycles. The lowest BCUT2D eigenvalue weighted by Gasteiger charge is -2.39. The van der Waals surface area contributed by atoms with E-state index in [0.717, 1.165) is 0 Å². The Morgan fingerprint density at radius 1 is 0.462 bits per heavy atom. The van der Waals surface area contributed by atoms with Crippen molar-refractivity contribution in [3.63, 3.8) is 0 Å². The second-order valence-electron chi connectivity index (χ2n) is 11.2. The van der Waals surface area contributed by atoms with Crippen molar-refractivity contribution < 1.29 is 0 Å². The van der Waals surface area contributed by atoms with Gasteiger partial charge in [-0.25, -0.2) is 0 Å². The molecule has 204 valence electrons. The Balaban J connectivity index is 2.11. The minimum absolute atomic E-state index is 0.553. The van der Waals surface area contributed by atoms with Crippen LogP contribution in [0.2, 0.25) is 0 Å². The molecule has 0 amide bonds. The molecule has 4 aromatic carbocycles. The first-order valence-electron chi connectivity index (χ1n) is 14.5. The molecule has 0 aliphatic rings. The first kappa shape index (κ1) is 29.7. The molecule has 0 aliphatic heterocycles. The molecule has 0 atom stereocenters. The normalized spacial score (nSPS) is 11.7. The number of rotatable bonds is 9. The summed E-state index contributed by atoms with van der Waals surface area (Å²) in [5.74, 6) is 0. The number of hydrogen-bond donors (Lipinski definition) is 0. The summed E-state index contributed by atoms with van der Waals surface area (Å²) in [5.41, 5.74) is 11.5. The monoisotopic (exact) mass is 552 g/mol. The van der Waals surface area contributed by atoms with E-state index < -0.39 is 15.8 Å². The summed E-state index contributed by atoms with van der Waals surface area (Å²) < 4.78 is 0. The van der Waals surface area contributed by atoms with Crippen LogP contribution in [-0.4, -0.2) is 5.40 Å². The molecule has 4 rings (SSSR count). The van der Waals surface area contributed by atoms with Crippen LogP contribution in [0.15, 0.2) is 72.8 Å². The van der Waals surface area contributed by atoms with Gasteiger partial charge in [-0.3, -0.25) is 0 Å². The highest BCUT2D eigenvalue weighted by molar-refractivity contribution is 7.89. The van der Waals surface area contributed by atoms with Crippen molar-refractivity contribution in [2.75, 3.05) is 0 Å². The molecule has 0 N–H and O–H groups in total. The Bertz CT molecular complexity index is 1240. The molecule has 0 fully saturated rings. The fourth-order valence-corrected chi connectivity index (χ4v) is 13.9. The van der Waals surface area contributed by atoms with Gasteiger partial charge in [-0.05, 0) is 143 Å². The summed E-state index contributed by atoms with van der Waals surface area (Å²) in [7, 11) is -1.20. The fraction of sp³-hybridized carbons (Fsp3) is 0.351. The van der Waals surface area contributed by atoms with Crippen LogP contribution in [0.3, 0.4) is 0 Å². The Morgan fingerprint density at radius 3 is 1.00 bits per heavy atom. The summed E-state index contributed by atoms with van der Waals surface area (Å²) in [5, 5.41) is 6.84. The third-order valence-corrected chi connectivity index (χ3v) is 15.9. The van der Waals surface area contributed by atoms with E-state index in [2.05, 4.69) is 135 Å². The van der Waals surface area contributed by atoms with Gasteiger partial charge >= 0.3 is 0 Å². The molecule has 0 spiro atoms. The van der Waals surface area contributed by atoms with Crippen LogP contribution in [0.4, 0.5) is 0 Å². The first-order valence-corrected chi connectivity index (χ1v) is 17.3. The van der Waals surface area contributed by atoms with Gasteiger partial charge < -0.3 is 0 Å². The summed E-state index contributed by atoms with van der Waals surface area (Å²) in [6.45, 7) is 20.9. The van der Waals surface area contributed by atoms with Gasteiger partial charge in [-0.2, -0.15) is 0 Å². The molecular weight excluding hydrogens is 506 g/mol. The van der Waals surface area contributed by atoms with Gasteiger partial charge in [0.05, 0.1) is 0 Å². The van der Waals surface area contributed by atoms with E-state index in [1.54, 1.807) is 21.2 Å². The molecule has 0 bridgehead atoms. The average molecular weight is 553 g/mol. The van der Waals surface area contributed by atoms with Crippen LogP contribution in [-0.2, 0) is 0 Å². The van der Waals surface area contributed by atoms with E-state index >= 15 is 0 Å². The molecule has 0 aromatic heterocycles. The molecule has 0 aliphatic carbocycles. The highest BCUT2D eigenvalue weighted by Gasteiger charge is 2.36. The average Bonchev–Trinajstić information content (AvgIpc) is 2.91. The van der Waals surface area contributed by atoms with E-state index in [1.165, 1.54) is 63.8 Å². The predicted octanol–water partition coefficient (Wildman–Crippen LogP) is 9.24. The molecular formula is C37H46P2. The SMILES string of the molecule is CCCCC(P(c1cccc(C)c1C)c1cccc(C)c1C)P(c1cccc(C)c1C)c1cccc(C)c1C. The van der Waals surface area contributed by atoms with Gasteiger partial charge in [0.25, 0.3) is 0 Å². The summed E-state index contributed by atoms with van der Waals surface area (Å²) in [6.07, 6.45) is 3.73. The predicted molar refractivity (Wildman–Crippen MR) is 179 cm³/mol. The standard InChI is InChI=1S/C37H46P2/c1-10-11-24-37(38(33-20-12-16-25(2)29(33)6)34-21-13-17-26(3)30(34)7)39(35-22-14-18-27(4)31(35)8)36-23-15-19-28(5)32(36)9/h12-23,37H,10-11,24H2,1-9H3. The van der Waals surface area contributed by atoms with E-state index in [1.807, 2.05) is 0 Å². The molecule has 0 unspecified atom stereocenters. The van der Waals surface area contributed by atoms with Crippen molar-refractivity contribution in [3.05, 3.63) is 117 Å². The molecule has 0 heterocycles. The zero-order valence-electron chi connectivity index (χ0n) is 25.5. The largest absolute Gasteiger partial charge is 0.0654 e. The highest BCUT2D eigenvalue weighted by atomic mass is 31.2. The summed E-state index contributed by atoms with van der Waals surface area (Å²) in [4.78, 5) is 0. The third kappa shape index (κ3) is 6.09. The lowest BCUT2D eigenvalue weighted by atomic mass is 10.1. The second kappa shape index (κ2) is 12.9. The number of hydrogen-bond acceptors (Lipinski definition) is 0. The Labute approximate surface area is 240 Å². The van der Waals surface area contributed by atoms with Crippen LogP contribution in [0.25, 0.3) is 0 Å². The molecule has 0 radical (unpaired) electrons. The number of unbranched alkanes of at least 4 members (excludes halogenated alkanes) is 1. The van der Waals surface area contributed by atoms with Gasteiger partial charge in [0.1, 0.15) is 0 Å². The van der Waals surface area contributed by atoms with Crippen molar-refractivity contribution in [3.8, 4) is 0 Å². The van der Waals surface area contributed by atoms with E-state index in [-0.39, 0.29) is 0 Å². The second-order valence-corrected chi connectivity index (χ2v) is 16.3. The van der Waals surface area contributed by atoms with Crippen molar-refractivity contribution in [1.82, 2.24) is 0 Å². The smallest absolute Gasteiger partial charge is 0.0155 e. The summed E-state index contributed by atoms with van der Waals surface area (Å²) >= 11 is 0. The Kier molecular flexibility index (Phi) is 9.86. The lowest BCUT2D eigenvalue weighted by Crippen LogP contribution is -2.31. The van der Waals surface area contributed by atoms with Crippen LogP contribution in [0.5, 0.6) is 0 Å². The van der Waals surface area contributed by atoms with E-state index in [9.17, 15) is 0 Å². The maximum atomic E-state index is 2.45. The zero-order chi connectivity index (χ0) is 28.3. The van der Waals surface area contributed by atoms with Gasteiger partial charge in [-0.1, -0.05) is 92.6 Å². The molecule has 4 aromatic rings. The number of aryl methyl sites for hydroxylation is 4. The van der Waals surface area contributed by atoms with Gasteiger partial charge in [0.2, 0.25) is 0 Å². The van der Waals surface area contributed by atoms with Gasteiger partial charge in [0, 0.05) is 5.40 Å². The highest BCUT2D eigenvalue weighted by Crippen LogP contribution is 2.60. The lowest BCUT2D eigenvalue weighted by molar-refractivity contribution is 0.759. The van der Waals surface area contributed by atoms with Crippen LogP contribution >= 0.6 is 15.8 Å². The maximum absolute atomic E-state index is 2.45. The summed E-state index contributed by atoms with van der Waals surface area (Å²) in [6, 6.07) is 28.2. The quantitative estimate of drug-likeness (QED) is 0.182. The fourth-order valence-electron chi connectivity index (χ4n) is 5.65. The first-order chi connectivity index (χ1) is 18.7. The molecule has 0 nitrogen and oxygen atoms in total. The van der Waals surface area contributed by atoms with Crippen LogP contribution in [0, 0.1) is 55.4 Å². The topological polar surface area (TPSA) is 0 Å². The Morgan fingerprint density at radius 2 is 0.744 bits per heavy atom. The van der Waals surface area contributed by atoms with Crippen LogP contribution in [0.1, 0.15) is 70.7 Å². The van der Waals surface area contributed by atoms with Crippen LogP contribution < -0.4 is 21.2 Å². The van der Waals surface area contributed by atoms with Gasteiger partial charge in [0.15, 0.2) is 0 Å². The van der Waals surface area contributed by atoms with E-state index in [4.69, 9.17) is 0 Å². The van der Waals surface area contributed by atoms with Crippen molar-refractivity contribution in [2.45, 2.75) is 87.0 Å². The molecule has 0 saturated carbocycles. The number of benzene rings is 4. The minimum Gasteiger partial charge on any atom is -0.0654 e. The maximum Gasteiger partial charge on any atom is 0.0155 e. The molecule has 2 heteroatoms. The minimum atomic E-state index is -0.602. The van der Waals surface area contributed by atoms with Crippen molar-refractivity contribution in [2.24, 2.45) is 0 Å². The molecule has 39 heavy (non-hydrogen) atoms. The zero-order valence-corrected chi connectivity index (χ0v) is 27.3.